The minimum Gasteiger partial charge on any atom is -0.395 e. The Hall–Kier alpha value is -1.18. The van der Waals surface area contributed by atoms with Crippen molar-refractivity contribution in [2.24, 2.45) is 0 Å². The molecular formula is C14H25N3O3S. The number of anilines is 1. The van der Waals surface area contributed by atoms with Crippen LogP contribution in [0.3, 0.4) is 0 Å². The van der Waals surface area contributed by atoms with E-state index in [9.17, 15) is 13.5 Å². The van der Waals surface area contributed by atoms with Crippen molar-refractivity contribution in [3.8, 4) is 0 Å². The van der Waals surface area contributed by atoms with Gasteiger partial charge in [-0.15, -0.1) is 0 Å². The number of pyridine rings is 1. The van der Waals surface area contributed by atoms with E-state index < -0.39 is 10.0 Å². The van der Waals surface area contributed by atoms with Crippen molar-refractivity contribution in [1.29, 1.82) is 0 Å². The zero-order chi connectivity index (χ0) is 16.0. The van der Waals surface area contributed by atoms with Crippen molar-refractivity contribution in [2.75, 3.05) is 32.1 Å². The molecule has 1 heterocycles. The summed E-state index contributed by atoms with van der Waals surface area (Å²) in [6.07, 6.45) is 3.25. The van der Waals surface area contributed by atoms with E-state index in [1.807, 2.05) is 4.90 Å². The van der Waals surface area contributed by atoms with Crippen LogP contribution in [0.15, 0.2) is 23.2 Å². The Balaban J connectivity index is 3.09. The molecule has 0 aromatic carbocycles. The summed E-state index contributed by atoms with van der Waals surface area (Å²) < 4.78 is 25.2. The topological polar surface area (TPSA) is 73.7 Å². The van der Waals surface area contributed by atoms with E-state index in [4.69, 9.17) is 0 Å². The highest BCUT2D eigenvalue weighted by atomic mass is 32.2. The Morgan fingerprint density at radius 2 is 1.86 bits per heavy atom. The quantitative estimate of drug-likeness (QED) is 0.783. The zero-order valence-electron chi connectivity index (χ0n) is 13.2. The monoisotopic (exact) mass is 315 g/mol. The standard InChI is InChI=1S/C14H25N3O3S/c1-5-12(6-2)17(9-10-18)14-8-7-13(11-15-14)21(19,20)16(3)4/h7-8,11-12,18H,5-6,9-10H2,1-4H3. The molecule has 6 nitrogen and oxygen atoms in total. The first-order chi connectivity index (χ1) is 9.88. The Labute approximate surface area is 127 Å². The summed E-state index contributed by atoms with van der Waals surface area (Å²) in [5, 5.41) is 9.22. The van der Waals surface area contributed by atoms with Crippen molar-refractivity contribution in [3.05, 3.63) is 18.3 Å². The predicted octanol–water partition coefficient (Wildman–Crippen LogP) is 1.32. The average Bonchev–Trinajstić information content (AvgIpc) is 2.47. The number of rotatable bonds is 8. The molecule has 1 N–H and O–H groups in total. The molecule has 120 valence electrons. The Morgan fingerprint density at radius 1 is 1.24 bits per heavy atom. The van der Waals surface area contributed by atoms with Gasteiger partial charge in [0.05, 0.1) is 6.61 Å². The molecule has 0 aliphatic heterocycles. The summed E-state index contributed by atoms with van der Waals surface area (Å²) in [4.78, 5) is 6.46. The van der Waals surface area contributed by atoms with Crippen LogP contribution >= 0.6 is 0 Å². The van der Waals surface area contributed by atoms with Gasteiger partial charge >= 0.3 is 0 Å². The molecule has 7 heteroatoms. The van der Waals surface area contributed by atoms with E-state index in [1.165, 1.54) is 20.3 Å². The lowest BCUT2D eigenvalue weighted by Gasteiger charge is -2.31. The highest BCUT2D eigenvalue weighted by Gasteiger charge is 2.20. The molecule has 21 heavy (non-hydrogen) atoms. The minimum absolute atomic E-state index is 0.0376. The smallest absolute Gasteiger partial charge is 0.244 e. The van der Waals surface area contributed by atoms with E-state index in [-0.39, 0.29) is 17.5 Å². The minimum atomic E-state index is -3.46. The van der Waals surface area contributed by atoms with Crippen molar-refractivity contribution < 1.29 is 13.5 Å². The summed E-state index contributed by atoms with van der Waals surface area (Å²) in [5.41, 5.74) is 0. The summed E-state index contributed by atoms with van der Waals surface area (Å²) in [6, 6.07) is 3.54. The molecule has 1 aromatic heterocycles. The van der Waals surface area contributed by atoms with Gasteiger partial charge in [-0.25, -0.2) is 17.7 Å². The van der Waals surface area contributed by atoms with Crippen LogP contribution in [-0.2, 0) is 10.0 Å². The summed E-state index contributed by atoms with van der Waals surface area (Å²) in [6.45, 7) is 4.70. The predicted molar refractivity (Wildman–Crippen MR) is 83.9 cm³/mol. The number of aromatic nitrogens is 1. The van der Waals surface area contributed by atoms with E-state index >= 15 is 0 Å². The van der Waals surface area contributed by atoms with Crippen LogP contribution in [0.25, 0.3) is 0 Å². The maximum atomic E-state index is 12.0. The second kappa shape index (κ2) is 7.72. The average molecular weight is 315 g/mol. The summed E-state index contributed by atoms with van der Waals surface area (Å²) >= 11 is 0. The van der Waals surface area contributed by atoms with Crippen LogP contribution in [0.1, 0.15) is 26.7 Å². The first-order valence-electron chi connectivity index (χ1n) is 7.14. The fourth-order valence-electron chi connectivity index (χ4n) is 2.23. The number of nitrogens with zero attached hydrogens (tertiary/aromatic N) is 3. The van der Waals surface area contributed by atoms with Gasteiger partial charge in [-0.1, -0.05) is 13.8 Å². The van der Waals surface area contributed by atoms with E-state index in [1.54, 1.807) is 12.1 Å². The second-order valence-electron chi connectivity index (χ2n) is 5.03. The van der Waals surface area contributed by atoms with Crippen LogP contribution in [0.5, 0.6) is 0 Å². The van der Waals surface area contributed by atoms with Gasteiger partial charge in [0.25, 0.3) is 0 Å². The number of aliphatic hydroxyl groups excluding tert-OH is 1. The zero-order valence-corrected chi connectivity index (χ0v) is 14.0. The van der Waals surface area contributed by atoms with Crippen molar-refractivity contribution in [2.45, 2.75) is 37.6 Å². The molecule has 0 aliphatic rings. The molecule has 1 rings (SSSR count). The van der Waals surface area contributed by atoms with E-state index in [2.05, 4.69) is 18.8 Å². The highest BCUT2D eigenvalue weighted by Crippen LogP contribution is 2.20. The van der Waals surface area contributed by atoms with Crippen molar-refractivity contribution >= 4 is 15.8 Å². The number of hydrogen-bond acceptors (Lipinski definition) is 5. The highest BCUT2D eigenvalue weighted by molar-refractivity contribution is 7.89. The lowest BCUT2D eigenvalue weighted by molar-refractivity contribution is 0.295. The second-order valence-corrected chi connectivity index (χ2v) is 7.18. The van der Waals surface area contributed by atoms with Gasteiger partial charge in [-0.2, -0.15) is 0 Å². The maximum absolute atomic E-state index is 12.0. The Bertz CT molecular complexity index is 525. The van der Waals surface area contributed by atoms with Crippen LogP contribution in [-0.4, -0.2) is 56.1 Å². The molecule has 0 saturated carbocycles. The third kappa shape index (κ3) is 4.15. The lowest BCUT2D eigenvalue weighted by Crippen LogP contribution is -2.37. The van der Waals surface area contributed by atoms with E-state index in [0.29, 0.717) is 12.4 Å². The number of sulfonamides is 1. The number of hydrogen-bond donors (Lipinski definition) is 1. The largest absolute Gasteiger partial charge is 0.395 e. The van der Waals surface area contributed by atoms with Gasteiger partial charge in [0, 0.05) is 32.9 Å². The number of aliphatic hydroxyl groups is 1. The van der Waals surface area contributed by atoms with Gasteiger partial charge in [0.15, 0.2) is 0 Å². The fourth-order valence-corrected chi connectivity index (χ4v) is 3.07. The first kappa shape index (κ1) is 17.9. The van der Waals surface area contributed by atoms with Gasteiger partial charge in [-0.05, 0) is 25.0 Å². The third-order valence-electron chi connectivity index (χ3n) is 3.52. The normalized spacial score (nSPS) is 12.1. The maximum Gasteiger partial charge on any atom is 0.244 e. The Kier molecular flexibility index (Phi) is 6.57. The summed E-state index contributed by atoms with van der Waals surface area (Å²) in [7, 11) is -0.477. The first-order valence-corrected chi connectivity index (χ1v) is 8.58. The molecule has 0 spiro atoms. The van der Waals surface area contributed by atoms with Gasteiger partial charge in [0.1, 0.15) is 10.7 Å². The SMILES string of the molecule is CCC(CC)N(CCO)c1ccc(S(=O)(=O)N(C)C)cn1. The van der Waals surface area contributed by atoms with Crippen molar-refractivity contribution in [1.82, 2.24) is 9.29 Å². The summed E-state index contributed by atoms with van der Waals surface area (Å²) in [5.74, 6) is 0.690. The van der Waals surface area contributed by atoms with E-state index in [0.717, 1.165) is 17.1 Å². The molecule has 1 aromatic rings. The lowest BCUT2D eigenvalue weighted by atomic mass is 10.1. The van der Waals surface area contributed by atoms with Gasteiger partial charge in [0.2, 0.25) is 10.0 Å². The molecule has 0 saturated heterocycles. The van der Waals surface area contributed by atoms with Gasteiger partial charge < -0.3 is 10.0 Å². The molecule has 0 aliphatic carbocycles. The Morgan fingerprint density at radius 3 is 2.24 bits per heavy atom. The van der Waals surface area contributed by atoms with Crippen LogP contribution in [0.2, 0.25) is 0 Å². The van der Waals surface area contributed by atoms with Gasteiger partial charge in [-0.3, -0.25) is 0 Å². The molecule has 0 radical (unpaired) electrons. The molecule has 0 unspecified atom stereocenters. The van der Waals surface area contributed by atoms with Crippen LogP contribution < -0.4 is 4.90 Å². The molecule has 0 bridgehead atoms. The molecular weight excluding hydrogens is 290 g/mol. The molecule has 0 atom stereocenters. The molecule has 0 amide bonds. The van der Waals surface area contributed by atoms with Crippen LogP contribution in [0.4, 0.5) is 5.82 Å². The fraction of sp³-hybridized carbons (Fsp3) is 0.643. The van der Waals surface area contributed by atoms with Crippen molar-refractivity contribution in [3.63, 3.8) is 0 Å². The molecule has 0 fully saturated rings. The third-order valence-corrected chi connectivity index (χ3v) is 5.32. The van der Waals surface area contributed by atoms with Crippen LogP contribution in [0, 0.1) is 0 Å².